The van der Waals surface area contributed by atoms with Gasteiger partial charge in [-0.05, 0) is 40.5 Å². The van der Waals surface area contributed by atoms with Gasteiger partial charge in [-0.3, -0.25) is 15.0 Å². The number of nitrogens with zero attached hydrogens (tertiary/aromatic N) is 4. The molecule has 13 nitrogen and oxygen atoms in total. The first-order chi connectivity index (χ1) is 18.5. The van der Waals surface area contributed by atoms with Crippen LogP contribution in [0.3, 0.4) is 0 Å². The summed E-state index contributed by atoms with van der Waals surface area (Å²) in [5.41, 5.74) is 9.65. The summed E-state index contributed by atoms with van der Waals surface area (Å²) >= 11 is 5.98. The Morgan fingerprint density at radius 2 is 1.85 bits per heavy atom. The molecule has 1 aromatic heterocycles. The van der Waals surface area contributed by atoms with Crippen molar-refractivity contribution in [3.63, 3.8) is 0 Å². The number of H-pyrrole nitrogens is 1. The number of aliphatic hydroxyl groups excluding tert-OH is 1. The topological polar surface area (TPSA) is 186 Å². The highest BCUT2D eigenvalue weighted by Crippen LogP contribution is 2.26. The number of hydrogen-bond donors (Lipinski definition) is 4. The number of halogens is 2. The van der Waals surface area contributed by atoms with Crippen LogP contribution in [-0.2, 0) is 25.6 Å². The van der Waals surface area contributed by atoms with Gasteiger partial charge in [0.2, 0.25) is 6.79 Å². The highest BCUT2D eigenvalue weighted by Gasteiger charge is 2.25. The number of ether oxygens (including phenoxy) is 2. The van der Waals surface area contributed by atoms with Crippen LogP contribution < -0.4 is 11.2 Å². The Hall–Kier alpha value is -3.98. The zero-order chi connectivity index (χ0) is 28.5. The maximum atomic E-state index is 14.2. The average molecular weight is 564 g/mol. The van der Waals surface area contributed by atoms with Crippen molar-refractivity contribution in [2.45, 2.75) is 32.5 Å². The molecule has 0 aliphatic heterocycles. The molecule has 15 heteroatoms. The van der Waals surface area contributed by atoms with Gasteiger partial charge in [0.05, 0.1) is 6.54 Å². The van der Waals surface area contributed by atoms with E-state index in [-0.39, 0.29) is 18.3 Å². The molecule has 2 atom stereocenters. The van der Waals surface area contributed by atoms with Crippen LogP contribution in [0.15, 0.2) is 42.5 Å². The molecule has 0 saturated heterocycles. The highest BCUT2D eigenvalue weighted by atomic mass is 35.5. The summed E-state index contributed by atoms with van der Waals surface area (Å²) in [5.74, 6) is -3.54. The van der Waals surface area contributed by atoms with Crippen LogP contribution in [0.4, 0.5) is 4.39 Å². The van der Waals surface area contributed by atoms with Crippen LogP contribution in [0, 0.1) is 11.7 Å². The smallest absolute Gasteiger partial charge is 0.339 e. The fraction of sp³-hybridized carbons (Fsp3) is 0.333. The van der Waals surface area contributed by atoms with E-state index >= 15 is 0 Å². The molecule has 39 heavy (non-hydrogen) atoms. The SMILES string of the molecule is CC(C)C(N)C(=O)OCOC(=O)C(O)CN(Cc1ccc(-c2cc(Cl)ccc2F)cc1)NC(=O)c1nn[nH]n1. The van der Waals surface area contributed by atoms with Gasteiger partial charge in [-0.1, -0.05) is 49.7 Å². The number of hydrazine groups is 1. The van der Waals surface area contributed by atoms with Crippen molar-refractivity contribution >= 4 is 29.4 Å². The van der Waals surface area contributed by atoms with Gasteiger partial charge in [-0.25, -0.2) is 14.2 Å². The van der Waals surface area contributed by atoms with Gasteiger partial charge in [0.15, 0.2) is 6.10 Å². The number of rotatable bonds is 12. The fourth-order valence-corrected chi connectivity index (χ4v) is 3.40. The third-order valence-electron chi connectivity index (χ3n) is 5.43. The molecule has 3 aromatic rings. The van der Waals surface area contributed by atoms with Gasteiger partial charge in [-0.2, -0.15) is 5.21 Å². The second kappa shape index (κ2) is 13.7. The number of nitrogens with two attached hydrogens (primary N) is 1. The van der Waals surface area contributed by atoms with Crippen molar-refractivity contribution in [1.29, 1.82) is 0 Å². The molecular formula is C24H27ClFN7O6. The Labute approximate surface area is 227 Å². The minimum Gasteiger partial charge on any atom is -0.427 e. The molecule has 1 heterocycles. The zero-order valence-electron chi connectivity index (χ0n) is 21.0. The monoisotopic (exact) mass is 563 g/mol. The summed E-state index contributed by atoms with van der Waals surface area (Å²) in [6, 6.07) is 9.97. The molecule has 0 aliphatic rings. The van der Waals surface area contributed by atoms with E-state index in [1.54, 1.807) is 38.1 Å². The summed E-state index contributed by atoms with van der Waals surface area (Å²) in [5, 5.41) is 24.6. The lowest BCUT2D eigenvalue weighted by Crippen LogP contribution is -2.48. The largest absolute Gasteiger partial charge is 0.427 e. The van der Waals surface area contributed by atoms with Gasteiger partial charge >= 0.3 is 17.8 Å². The standard InChI is InChI=1S/C24H27ClFN7O6/c1-13(2)20(27)24(37)39-12-38-23(36)19(34)11-33(30-22(35)21-28-31-32-29-21)10-14-3-5-15(6-4-14)17-9-16(25)7-8-18(17)26/h3-9,13,19-20,34H,10-12,27H2,1-2H3,(H,30,35)(H,28,29,31,32). The predicted octanol–water partition coefficient (Wildman–Crippen LogP) is 1.19. The molecule has 0 fully saturated rings. The molecule has 0 radical (unpaired) electrons. The lowest BCUT2D eigenvalue weighted by molar-refractivity contribution is -0.175. The van der Waals surface area contributed by atoms with Crippen molar-refractivity contribution in [3.05, 3.63) is 64.7 Å². The van der Waals surface area contributed by atoms with Crippen molar-refractivity contribution in [2.75, 3.05) is 13.3 Å². The first-order valence-electron chi connectivity index (χ1n) is 11.7. The van der Waals surface area contributed by atoms with Gasteiger partial charge in [-0.15, -0.1) is 10.2 Å². The van der Waals surface area contributed by atoms with Crippen LogP contribution in [0.25, 0.3) is 11.1 Å². The van der Waals surface area contributed by atoms with Gasteiger partial charge in [0.25, 0.3) is 5.82 Å². The highest BCUT2D eigenvalue weighted by molar-refractivity contribution is 6.30. The molecule has 2 unspecified atom stereocenters. The summed E-state index contributed by atoms with van der Waals surface area (Å²) < 4.78 is 23.8. The number of nitrogens with one attached hydrogen (secondary N) is 2. The lowest BCUT2D eigenvalue weighted by Gasteiger charge is -2.24. The second-order valence-corrected chi connectivity index (χ2v) is 9.14. The third-order valence-corrected chi connectivity index (χ3v) is 5.67. The molecule has 0 spiro atoms. The molecule has 3 rings (SSSR count). The minimum absolute atomic E-state index is 0.00443. The van der Waals surface area contributed by atoms with Crippen molar-refractivity contribution < 1.29 is 33.4 Å². The maximum Gasteiger partial charge on any atom is 0.339 e. The summed E-state index contributed by atoms with van der Waals surface area (Å²) in [7, 11) is 0. The molecule has 2 aromatic carbocycles. The maximum absolute atomic E-state index is 14.2. The van der Waals surface area contributed by atoms with Crippen molar-refractivity contribution in [2.24, 2.45) is 11.7 Å². The second-order valence-electron chi connectivity index (χ2n) is 8.71. The number of aromatic amines is 1. The minimum atomic E-state index is -1.74. The molecule has 0 saturated carbocycles. The quantitative estimate of drug-likeness (QED) is 0.141. The molecule has 1 amide bonds. The first kappa shape index (κ1) is 29.6. The van der Waals surface area contributed by atoms with Gasteiger partial charge < -0.3 is 20.3 Å². The molecule has 0 bridgehead atoms. The third kappa shape index (κ3) is 8.51. The Kier molecular flexibility index (Phi) is 10.4. The fourth-order valence-electron chi connectivity index (χ4n) is 3.22. The summed E-state index contributed by atoms with van der Waals surface area (Å²) in [4.78, 5) is 36.5. The predicted molar refractivity (Wildman–Crippen MR) is 135 cm³/mol. The Bertz CT molecular complexity index is 1280. The number of carbonyl (C=O) groups excluding carboxylic acids is 3. The number of esters is 2. The van der Waals surface area contributed by atoms with Crippen molar-refractivity contribution in [1.82, 2.24) is 31.1 Å². The Morgan fingerprint density at radius 1 is 1.15 bits per heavy atom. The van der Waals surface area contributed by atoms with E-state index in [9.17, 15) is 23.9 Å². The van der Waals surface area contributed by atoms with E-state index in [0.29, 0.717) is 21.7 Å². The first-order valence-corrected chi connectivity index (χ1v) is 12.0. The molecular weight excluding hydrogens is 537 g/mol. The Balaban J connectivity index is 1.66. The van der Waals surface area contributed by atoms with Crippen LogP contribution in [-0.4, -0.2) is 74.1 Å². The normalized spacial score (nSPS) is 12.7. The summed E-state index contributed by atoms with van der Waals surface area (Å²) in [6.07, 6.45) is -1.74. The van der Waals surface area contributed by atoms with Gasteiger partial charge in [0.1, 0.15) is 11.9 Å². The van der Waals surface area contributed by atoms with Crippen molar-refractivity contribution in [3.8, 4) is 11.1 Å². The van der Waals surface area contributed by atoms with Crippen LogP contribution >= 0.6 is 11.6 Å². The summed E-state index contributed by atoms with van der Waals surface area (Å²) in [6.45, 7) is 2.29. The van der Waals surface area contributed by atoms with Crippen LogP contribution in [0.1, 0.15) is 30.0 Å². The van der Waals surface area contributed by atoms with E-state index in [0.717, 1.165) is 0 Å². The molecule has 0 aliphatic carbocycles. The lowest BCUT2D eigenvalue weighted by atomic mass is 10.0. The number of amides is 1. The van der Waals surface area contributed by atoms with E-state index in [4.69, 9.17) is 26.8 Å². The van der Waals surface area contributed by atoms with E-state index in [2.05, 4.69) is 26.0 Å². The number of aliphatic hydroxyl groups is 1. The number of tetrazole rings is 1. The number of aromatic nitrogens is 4. The van der Waals surface area contributed by atoms with Gasteiger partial charge in [0, 0.05) is 17.1 Å². The number of carbonyl (C=O) groups is 3. The van der Waals surface area contributed by atoms with Crippen LogP contribution in [0.2, 0.25) is 5.02 Å². The number of benzene rings is 2. The van der Waals surface area contributed by atoms with E-state index in [1.807, 2.05) is 0 Å². The van der Waals surface area contributed by atoms with Crippen LogP contribution in [0.5, 0.6) is 0 Å². The van der Waals surface area contributed by atoms with E-state index < -0.39 is 49.1 Å². The molecule has 208 valence electrons. The average Bonchev–Trinajstić information content (AvgIpc) is 3.45. The molecule has 5 N–H and O–H groups in total. The number of hydrogen-bond acceptors (Lipinski definition) is 11. The zero-order valence-corrected chi connectivity index (χ0v) is 21.8. The Morgan fingerprint density at radius 3 is 2.49 bits per heavy atom. The van der Waals surface area contributed by atoms with E-state index in [1.165, 1.54) is 23.2 Å².